The topological polar surface area (TPSA) is 3.24 Å². The standard InChI is InChI=1S/C13H14F4N/c1-18-6-4-9(5-7-18)11-8-10(14)2-3-12(11)13(15,16)17/h2-3,8-9H,1,4-7H2. The molecule has 1 saturated heterocycles. The van der Waals surface area contributed by atoms with Crippen LogP contribution in [0, 0.1) is 12.9 Å². The summed E-state index contributed by atoms with van der Waals surface area (Å²) in [7, 11) is 3.75. The minimum Gasteiger partial charge on any atom is -0.302 e. The van der Waals surface area contributed by atoms with Crippen molar-refractivity contribution in [1.82, 2.24) is 4.90 Å². The average molecular weight is 260 g/mol. The van der Waals surface area contributed by atoms with E-state index in [0.717, 1.165) is 18.2 Å². The Balaban J connectivity index is 2.33. The van der Waals surface area contributed by atoms with Gasteiger partial charge in [0.1, 0.15) is 5.82 Å². The zero-order valence-electron chi connectivity index (χ0n) is 9.80. The molecule has 1 aliphatic heterocycles. The molecule has 2 rings (SSSR count). The molecule has 99 valence electrons. The SMILES string of the molecule is [CH2]N1CCC(c2cc(F)ccc2C(F)(F)F)CC1. The molecular weight excluding hydrogens is 246 g/mol. The highest BCUT2D eigenvalue weighted by Gasteiger charge is 2.35. The summed E-state index contributed by atoms with van der Waals surface area (Å²) in [6, 6.07) is 2.72. The van der Waals surface area contributed by atoms with Crippen LogP contribution in [0.15, 0.2) is 18.2 Å². The van der Waals surface area contributed by atoms with Crippen LogP contribution in [0.2, 0.25) is 0 Å². The van der Waals surface area contributed by atoms with Gasteiger partial charge in [-0.2, -0.15) is 13.2 Å². The van der Waals surface area contributed by atoms with E-state index >= 15 is 0 Å². The minimum absolute atomic E-state index is 0.0793. The molecule has 0 aliphatic carbocycles. The summed E-state index contributed by atoms with van der Waals surface area (Å²) in [6.07, 6.45) is -3.27. The molecule has 1 heterocycles. The second kappa shape index (κ2) is 4.88. The molecule has 1 radical (unpaired) electrons. The third-order valence-electron chi connectivity index (χ3n) is 3.35. The Morgan fingerprint density at radius 2 is 1.78 bits per heavy atom. The molecule has 0 aromatic heterocycles. The van der Waals surface area contributed by atoms with Crippen molar-refractivity contribution in [3.05, 3.63) is 42.2 Å². The Labute approximate surface area is 103 Å². The van der Waals surface area contributed by atoms with Gasteiger partial charge < -0.3 is 4.90 Å². The third-order valence-corrected chi connectivity index (χ3v) is 3.35. The maximum absolute atomic E-state index is 13.2. The van der Waals surface area contributed by atoms with Crippen LogP contribution in [0.4, 0.5) is 17.6 Å². The first-order valence-corrected chi connectivity index (χ1v) is 5.80. The van der Waals surface area contributed by atoms with Crippen LogP contribution in [0.5, 0.6) is 0 Å². The summed E-state index contributed by atoms with van der Waals surface area (Å²) in [4.78, 5) is 1.82. The van der Waals surface area contributed by atoms with E-state index in [1.54, 1.807) is 0 Å². The first-order chi connectivity index (χ1) is 8.38. The molecule has 1 aromatic carbocycles. The van der Waals surface area contributed by atoms with Gasteiger partial charge in [-0.3, -0.25) is 0 Å². The van der Waals surface area contributed by atoms with Crippen molar-refractivity contribution in [3.8, 4) is 0 Å². The number of hydrogen-bond acceptors (Lipinski definition) is 1. The Hall–Kier alpha value is -1.10. The zero-order chi connectivity index (χ0) is 13.3. The Kier molecular flexibility index (Phi) is 3.61. The van der Waals surface area contributed by atoms with E-state index in [4.69, 9.17) is 0 Å². The molecule has 0 bridgehead atoms. The molecule has 0 spiro atoms. The van der Waals surface area contributed by atoms with E-state index in [1.165, 1.54) is 0 Å². The molecule has 5 heteroatoms. The number of alkyl halides is 3. The number of halogens is 4. The lowest BCUT2D eigenvalue weighted by atomic mass is 9.86. The summed E-state index contributed by atoms with van der Waals surface area (Å²) >= 11 is 0. The smallest absolute Gasteiger partial charge is 0.302 e. The molecule has 1 nitrogen and oxygen atoms in total. The van der Waals surface area contributed by atoms with Crippen LogP contribution in [0.25, 0.3) is 0 Å². The third kappa shape index (κ3) is 2.83. The van der Waals surface area contributed by atoms with Crippen LogP contribution in [-0.4, -0.2) is 18.0 Å². The molecule has 0 amide bonds. The fourth-order valence-electron chi connectivity index (χ4n) is 2.37. The molecule has 0 atom stereocenters. The zero-order valence-corrected chi connectivity index (χ0v) is 9.80. The maximum atomic E-state index is 13.2. The van der Waals surface area contributed by atoms with E-state index in [2.05, 4.69) is 7.05 Å². The van der Waals surface area contributed by atoms with Gasteiger partial charge in [0.25, 0.3) is 0 Å². The monoisotopic (exact) mass is 260 g/mol. The van der Waals surface area contributed by atoms with Gasteiger partial charge in [-0.25, -0.2) is 4.39 Å². The van der Waals surface area contributed by atoms with Gasteiger partial charge in [0, 0.05) is 7.05 Å². The number of nitrogens with zero attached hydrogens (tertiary/aromatic N) is 1. The van der Waals surface area contributed by atoms with E-state index in [-0.39, 0.29) is 11.5 Å². The maximum Gasteiger partial charge on any atom is 0.416 e. The Morgan fingerprint density at radius 1 is 1.17 bits per heavy atom. The van der Waals surface area contributed by atoms with Crippen molar-refractivity contribution >= 4 is 0 Å². The van der Waals surface area contributed by atoms with Crippen molar-refractivity contribution in [2.45, 2.75) is 24.9 Å². The number of likely N-dealkylation sites (tertiary alicyclic amines) is 1. The number of rotatable bonds is 1. The van der Waals surface area contributed by atoms with Crippen LogP contribution >= 0.6 is 0 Å². The van der Waals surface area contributed by atoms with Gasteiger partial charge in [-0.05, 0) is 55.6 Å². The molecule has 0 unspecified atom stereocenters. The second-order valence-electron chi connectivity index (χ2n) is 4.62. The van der Waals surface area contributed by atoms with Crippen LogP contribution in [-0.2, 0) is 6.18 Å². The van der Waals surface area contributed by atoms with Crippen molar-refractivity contribution in [1.29, 1.82) is 0 Å². The minimum atomic E-state index is -4.43. The van der Waals surface area contributed by atoms with Crippen LogP contribution in [0.1, 0.15) is 29.9 Å². The second-order valence-corrected chi connectivity index (χ2v) is 4.62. The van der Waals surface area contributed by atoms with E-state index in [9.17, 15) is 17.6 Å². The summed E-state index contributed by atoms with van der Waals surface area (Å²) in [6.45, 7) is 1.27. The quantitative estimate of drug-likeness (QED) is 0.694. The summed E-state index contributed by atoms with van der Waals surface area (Å²) in [5.41, 5.74) is -0.637. The first kappa shape index (κ1) is 13.3. The molecule has 0 N–H and O–H groups in total. The predicted octanol–water partition coefficient (Wildman–Crippen LogP) is 3.82. The summed E-state index contributed by atoms with van der Waals surface area (Å²) in [5, 5.41) is 0. The first-order valence-electron chi connectivity index (χ1n) is 5.80. The van der Waals surface area contributed by atoms with E-state index in [0.29, 0.717) is 25.9 Å². The van der Waals surface area contributed by atoms with Crippen LogP contribution < -0.4 is 0 Å². The van der Waals surface area contributed by atoms with Gasteiger partial charge in [-0.15, -0.1) is 0 Å². The molecule has 1 aromatic rings. The highest BCUT2D eigenvalue weighted by atomic mass is 19.4. The highest BCUT2D eigenvalue weighted by molar-refractivity contribution is 5.33. The van der Waals surface area contributed by atoms with Gasteiger partial charge >= 0.3 is 6.18 Å². The molecular formula is C13H14F4N. The number of hydrogen-bond donors (Lipinski definition) is 0. The van der Waals surface area contributed by atoms with Gasteiger partial charge in [0.05, 0.1) is 5.56 Å². The molecule has 0 saturated carbocycles. The van der Waals surface area contributed by atoms with E-state index in [1.807, 2.05) is 4.90 Å². The van der Waals surface area contributed by atoms with E-state index < -0.39 is 17.6 Å². The Morgan fingerprint density at radius 3 is 2.33 bits per heavy atom. The lowest BCUT2D eigenvalue weighted by molar-refractivity contribution is -0.138. The average Bonchev–Trinajstić information content (AvgIpc) is 2.28. The van der Waals surface area contributed by atoms with Crippen molar-refractivity contribution in [3.63, 3.8) is 0 Å². The van der Waals surface area contributed by atoms with Crippen molar-refractivity contribution in [2.24, 2.45) is 0 Å². The normalized spacial score (nSPS) is 19.2. The fraction of sp³-hybridized carbons (Fsp3) is 0.462. The summed E-state index contributed by atoms with van der Waals surface area (Å²) in [5.74, 6) is -0.856. The number of piperidine rings is 1. The molecule has 1 fully saturated rings. The Bertz CT molecular complexity index is 419. The predicted molar refractivity (Wildman–Crippen MR) is 60.3 cm³/mol. The van der Waals surface area contributed by atoms with Crippen molar-refractivity contribution < 1.29 is 17.6 Å². The lowest BCUT2D eigenvalue weighted by Crippen LogP contribution is -2.28. The number of benzene rings is 1. The van der Waals surface area contributed by atoms with Gasteiger partial charge in [0.2, 0.25) is 0 Å². The van der Waals surface area contributed by atoms with Gasteiger partial charge in [-0.1, -0.05) is 0 Å². The highest BCUT2D eigenvalue weighted by Crippen LogP contribution is 2.38. The van der Waals surface area contributed by atoms with Crippen LogP contribution in [0.3, 0.4) is 0 Å². The summed E-state index contributed by atoms with van der Waals surface area (Å²) < 4.78 is 51.8. The lowest BCUT2D eigenvalue weighted by Gasteiger charge is -2.30. The van der Waals surface area contributed by atoms with Gasteiger partial charge in [0.15, 0.2) is 0 Å². The molecule has 18 heavy (non-hydrogen) atoms. The van der Waals surface area contributed by atoms with Crippen molar-refractivity contribution in [2.75, 3.05) is 13.1 Å². The molecule has 1 aliphatic rings. The fourth-order valence-corrected chi connectivity index (χ4v) is 2.37. The largest absolute Gasteiger partial charge is 0.416 e.